The number of hydrogen-bond acceptors (Lipinski definition) is 4. The Morgan fingerprint density at radius 3 is 2.64 bits per heavy atom. The Hall–Kier alpha value is -3.41. The molecule has 0 fully saturated rings. The smallest absolute Gasteiger partial charge is 0.261 e. The van der Waals surface area contributed by atoms with Gasteiger partial charge in [0.15, 0.2) is 0 Å². The van der Waals surface area contributed by atoms with Crippen molar-refractivity contribution in [3.8, 4) is 0 Å². The number of aryl methyl sites for hydroxylation is 2. The summed E-state index contributed by atoms with van der Waals surface area (Å²) < 4.78 is 5.66. The van der Waals surface area contributed by atoms with Gasteiger partial charge in [-0.2, -0.15) is 0 Å². The molecule has 2 aromatic carbocycles. The lowest BCUT2D eigenvalue weighted by Crippen LogP contribution is -2.24. The summed E-state index contributed by atoms with van der Waals surface area (Å²) in [5.41, 5.74) is 5.49. The third-order valence-electron chi connectivity index (χ3n) is 5.59. The molecule has 1 N–H and O–H groups in total. The number of nitrogens with zero attached hydrogens (tertiary/aromatic N) is 1. The summed E-state index contributed by atoms with van der Waals surface area (Å²) in [5.74, 6) is -0.880. The SMILES string of the molecule is CN1C(=O)c2ccc(NC(=O)Cc3coc4cc5c(cc34)CCC5)cc2C1=O. The Morgan fingerprint density at radius 1 is 1.07 bits per heavy atom. The number of furan rings is 1. The Bertz CT molecular complexity index is 1170. The topological polar surface area (TPSA) is 79.6 Å². The Morgan fingerprint density at radius 2 is 1.82 bits per heavy atom. The second kappa shape index (κ2) is 6.05. The Balaban J connectivity index is 1.37. The monoisotopic (exact) mass is 374 g/mol. The number of carbonyl (C=O) groups is 3. The van der Waals surface area contributed by atoms with Gasteiger partial charge in [-0.3, -0.25) is 19.3 Å². The minimum absolute atomic E-state index is 0.176. The second-order valence-electron chi connectivity index (χ2n) is 7.39. The quantitative estimate of drug-likeness (QED) is 0.713. The van der Waals surface area contributed by atoms with E-state index in [9.17, 15) is 14.4 Å². The van der Waals surface area contributed by atoms with Crippen LogP contribution in [0.1, 0.15) is 43.8 Å². The predicted octanol–water partition coefficient (Wildman–Crippen LogP) is 3.33. The number of amides is 3. The van der Waals surface area contributed by atoms with Crippen LogP contribution in [0.5, 0.6) is 0 Å². The van der Waals surface area contributed by atoms with Crippen LogP contribution in [0.25, 0.3) is 11.0 Å². The third-order valence-corrected chi connectivity index (χ3v) is 5.59. The maximum Gasteiger partial charge on any atom is 0.261 e. The zero-order chi connectivity index (χ0) is 19.4. The summed E-state index contributed by atoms with van der Waals surface area (Å²) in [5, 5.41) is 3.79. The molecule has 1 aliphatic heterocycles. The van der Waals surface area contributed by atoms with Crippen LogP contribution in [0.3, 0.4) is 0 Å². The van der Waals surface area contributed by atoms with Crippen molar-refractivity contribution in [2.24, 2.45) is 0 Å². The standard InChI is InChI=1S/C22H18N2O4/c1-24-21(26)16-6-5-15(10-18(16)22(24)27)23-20(25)9-14-11-28-19-8-13-4-2-3-12(13)7-17(14)19/h5-8,10-11H,2-4,9H2,1H3,(H,23,25). The number of benzene rings is 2. The first-order valence-electron chi connectivity index (χ1n) is 9.29. The van der Waals surface area contributed by atoms with Crippen LogP contribution in [0.4, 0.5) is 5.69 Å². The highest BCUT2D eigenvalue weighted by molar-refractivity contribution is 6.21. The highest BCUT2D eigenvalue weighted by Crippen LogP contribution is 2.31. The van der Waals surface area contributed by atoms with Gasteiger partial charge < -0.3 is 9.73 Å². The van der Waals surface area contributed by atoms with Crippen molar-refractivity contribution in [3.63, 3.8) is 0 Å². The first-order valence-corrected chi connectivity index (χ1v) is 9.29. The molecule has 1 aromatic heterocycles. The predicted molar refractivity (Wildman–Crippen MR) is 103 cm³/mol. The van der Waals surface area contributed by atoms with E-state index in [0.717, 1.165) is 40.7 Å². The zero-order valence-electron chi connectivity index (χ0n) is 15.4. The van der Waals surface area contributed by atoms with E-state index in [1.54, 1.807) is 24.5 Å². The number of fused-ring (bicyclic) bond motifs is 3. The van der Waals surface area contributed by atoms with Gasteiger partial charge in [0.25, 0.3) is 11.8 Å². The molecule has 0 saturated heterocycles. The first kappa shape index (κ1) is 16.7. The van der Waals surface area contributed by atoms with Crippen LogP contribution in [0.2, 0.25) is 0 Å². The first-order chi connectivity index (χ1) is 13.5. The van der Waals surface area contributed by atoms with Gasteiger partial charge in [-0.1, -0.05) is 0 Å². The van der Waals surface area contributed by atoms with Crippen molar-refractivity contribution >= 4 is 34.4 Å². The van der Waals surface area contributed by atoms with Gasteiger partial charge in [0, 0.05) is 23.7 Å². The maximum absolute atomic E-state index is 12.6. The Kier molecular flexibility index (Phi) is 3.62. The fourth-order valence-electron chi connectivity index (χ4n) is 4.10. The van der Waals surface area contributed by atoms with Crippen molar-refractivity contribution in [3.05, 3.63) is 64.4 Å². The van der Waals surface area contributed by atoms with Gasteiger partial charge in [-0.25, -0.2) is 0 Å². The van der Waals surface area contributed by atoms with Crippen molar-refractivity contribution in [2.45, 2.75) is 25.7 Å². The van der Waals surface area contributed by atoms with Gasteiger partial charge in [0.2, 0.25) is 5.91 Å². The molecule has 0 saturated carbocycles. The lowest BCUT2D eigenvalue weighted by atomic mass is 10.0. The highest BCUT2D eigenvalue weighted by Gasteiger charge is 2.32. The van der Waals surface area contributed by atoms with Gasteiger partial charge in [-0.15, -0.1) is 0 Å². The summed E-state index contributed by atoms with van der Waals surface area (Å²) in [6.07, 6.45) is 5.12. The van der Waals surface area contributed by atoms with E-state index in [2.05, 4.69) is 17.4 Å². The van der Waals surface area contributed by atoms with Crippen LogP contribution in [-0.4, -0.2) is 29.7 Å². The van der Waals surface area contributed by atoms with Gasteiger partial charge in [-0.05, 0) is 60.7 Å². The van der Waals surface area contributed by atoms with Gasteiger partial charge in [0.05, 0.1) is 23.8 Å². The van der Waals surface area contributed by atoms with Crippen molar-refractivity contribution in [1.29, 1.82) is 0 Å². The summed E-state index contributed by atoms with van der Waals surface area (Å²) in [6, 6.07) is 8.99. The van der Waals surface area contributed by atoms with Crippen molar-refractivity contribution in [2.75, 3.05) is 12.4 Å². The minimum atomic E-state index is -0.356. The number of hydrogen-bond donors (Lipinski definition) is 1. The number of carbonyl (C=O) groups excluding carboxylic acids is 3. The maximum atomic E-state index is 12.6. The normalized spacial score (nSPS) is 15.2. The number of imide groups is 1. The van der Waals surface area contributed by atoms with E-state index in [1.807, 2.05) is 0 Å². The van der Waals surface area contributed by atoms with Crippen molar-refractivity contribution in [1.82, 2.24) is 4.90 Å². The lowest BCUT2D eigenvalue weighted by molar-refractivity contribution is -0.115. The molecule has 0 atom stereocenters. The average Bonchev–Trinajstić information content (AvgIpc) is 3.35. The Labute approximate surface area is 161 Å². The van der Waals surface area contributed by atoms with Crippen molar-refractivity contribution < 1.29 is 18.8 Å². The molecule has 28 heavy (non-hydrogen) atoms. The fraction of sp³-hybridized carbons (Fsp3) is 0.227. The molecular formula is C22H18N2O4. The van der Waals surface area contributed by atoms with Crippen LogP contribution >= 0.6 is 0 Å². The third kappa shape index (κ3) is 2.52. The molecule has 2 aliphatic rings. The summed E-state index contributed by atoms with van der Waals surface area (Å²) >= 11 is 0. The molecule has 1 aliphatic carbocycles. The average molecular weight is 374 g/mol. The lowest BCUT2D eigenvalue weighted by Gasteiger charge is -2.06. The summed E-state index contributed by atoms with van der Waals surface area (Å²) in [7, 11) is 1.45. The molecule has 5 rings (SSSR count). The molecule has 140 valence electrons. The van der Waals surface area contributed by atoms with E-state index in [0.29, 0.717) is 16.8 Å². The molecule has 6 heteroatoms. The molecule has 0 radical (unpaired) electrons. The van der Waals surface area contributed by atoms with Crippen LogP contribution in [0.15, 0.2) is 41.0 Å². The van der Waals surface area contributed by atoms with E-state index in [1.165, 1.54) is 18.2 Å². The molecule has 0 unspecified atom stereocenters. The van der Waals surface area contributed by atoms with E-state index in [4.69, 9.17) is 4.42 Å². The van der Waals surface area contributed by atoms with Gasteiger partial charge >= 0.3 is 0 Å². The van der Waals surface area contributed by atoms with Gasteiger partial charge in [0.1, 0.15) is 5.58 Å². The fourth-order valence-corrected chi connectivity index (χ4v) is 4.10. The molecular weight excluding hydrogens is 356 g/mol. The molecule has 0 bridgehead atoms. The number of rotatable bonds is 3. The second-order valence-corrected chi connectivity index (χ2v) is 7.39. The van der Waals surface area contributed by atoms with Crippen LogP contribution < -0.4 is 5.32 Å². The van der Waals surface area contributed by atoms with Crippen LogP contribution in [0, 0.1) is 0 Å². The number of anilines is 1. The molecule has 3 aromatic rings. The van der Waals surface area contributed by atoms with E-state index < -0.39 is 0 Å². The molecule has 2 heterocycles. The molecule has 0 spiro atoms. The van der Waals surface area contributed by atoms with E-state index >= 15 is 0 Å². The highest BCUT2D eigenvalue weighted by atomic mass is 16.3. The van der Waals surface area contributed by atoms with E-state index in [-0.39, 0.29) is 24.1 Å². The summed E-state index contributed by atoms with van der Waals surface area (Å²) in [6.45, 7) is 0. The minimum Gasteiger partial charge on any atom is -0.464 e. The largest absolute Gasteiger partial charge is 0.464 e. The summed E-state index contributed by atoms with van der Waals surface area (Å²) in [4.78, 5) is 37.7. The van der Waals surface area contributed by atoms with Crippen LogP contribution in [-0.2, 0) is 24.1 Å². The molecule has 6 nitrogen and oxygen atoms in total. The number of nitrogens with one attached hydrogen (secondary N) is 1. The zero-order valence-corrected chi connectivity index (χ0v) is 15.4. The molecule has 3 amide bonds.